The standard InChI is InChI=1S/C11H13BrN4O2/c1-11(2,3)18-10(17)16-9-7-6(12)4-13-8(7)14-5-15-9/h4-5H,1-3H3,(H2,13,14,15,16,17). The van der Waals surface area contributed by atoms with Crippen molar-refractivity contribution in [2.45, 2.75) is 26.4 Å². The molecule has 0 aliphatic rings. The van der Waals surface area contributed by atoms with Crippen molar-refractivity contribution in [2.24, 2.45) is 0 Å². The van der Waals surface area contributed by atoms with Crippen molar-refractivity contribution >= 4 is 38.9 Å². The minimum absolute atomic E-state index is 0.405. The number of hydrogen-bond acceptors (Lipinski definition) is 4. The monoisotopic (exact) mass is 312 g/mol. The molecule has 1 amide bonds. The topological polar surface area (TPSA) is 79.9 Å². The zero-order valence-electron chi connectivity index (χ0n) is 10.2. The molecule has 0 bridgehead atoms. The molecule has 0 aliphatic carbocycles. The molecule has 7 heteroatoms. The van der Waals surface area contributed by atoms with E-state index in [1.165, 1.54) is 6.33 Å². The van der Waals surface area contributed by atoms with Gasteiger partial charge in [-0.3, -0.25) is 5.32 Å². The van der Waals surface area contributed by atoms with E-state index in [-0.39, 0.29) is 0 Å². The Labute approximate surface area is 112 Å². The van der Waals surface area contributed by atoms with E-state index in [0.717, 1.165) is 4.47 Å². The van der Waals surface area contributed by atoms with Crippen molar-refractivity contribution in [3.05, 3.63) is 17.0 Å². The van der Waals surface area contributed by atoms with Gasteiger partial charge < -0.3 is 9.72 Å². The lowest BCUT2D eigenvalue weighted by Crippen LogP contribution is -2.27. The molecule has 2 aromatic rings. The molecule has 96 valence electrons. The fraction of sp³-hybridized carbons (Fsp3) is 0.364. The Morgan fingerprint density at radius 2 is 2.17 bits per heavy atom. The molecule has 2 N–H and O–H groups in total. The average Bonchev–Trinajstić information content (AvgIpc) is 2.58. The molecule has 0 radical (unpaired) electrons. The lowest BCUT2D eigenvalue weighted by Gasteiger charge is -2.19. The van der Waals surface area contributed by atoms with Crippen LogP contribution in [0, 0.1) is 0 Å². The summed E-state index contributed by atoms with van der Waals surface area (Å²) in [6.07, 6.45) is 2.56. The molecular weight excluding hydrogens is 300 g/mol. The highest BCUT2D eigenvalue weighted by atomic mass is 79.9. The number of aromatic amines is 1. The molecule has 0 spiro atoms. The van der Waals surface area contributed by atoms with E-state index >= 15 is 0 Å². The van der Waals surface area contributed by atoms with Gasteiger partial charge in [-0.1, -0.05) is 0 Å². The zero-order chi connectivity index (χ0) is 13.3. The van der Waals surface area contributed by atoms with E-state index in [4.69, 9.17) is 4.74 Å². The number of nitrogens with one attached hydrogen (secondary N) is 2. The predicted octanol–water partition coefficient (Wildman–Crippen LogP) is 3.07. The number of anilines is 1. The molecule has 2 heterocycles. The number of hydrogen-bond donors (Lipinski definition) is 2. The van der Waals surface area contributed by atoms with Crippen molar-refractivity contribution in [3.63, 3.8) is 0 Å². The van der Waals surface area contributed by atoms with Gasteiger partial charge in [-0.15, -0.1) is 0 Å². The van der Waals surface area contributed by atoms with E-state index in [0.29, 0.717) is 16.9 Å². The van der Waals surface area contributed by atoms with Gasteiger partial charge in [0.05, 0.1) is 5.39 Å². The molecule has 18 heavy (non-hydrogen) atoms. The van der Waals surface area contributed by atoms with Crippen molar-refractivity contribution in [1.29, 1.82) is 0 Å². The molecule has 6 nitrogen and oxygen atoms in total. The first kappa shape index (κ1) is 12.8. The maximum Gasteiger partial charge on any atom is 0.413 e. The largest absolute Gasteiger partial charge is 0.444 e. The van der Waals surface area contributed by atoms with Gasteiger partial charge in [-0.25, -0.2) is 14.8 Å². The lowest BCUT2D eigenvalue weighted by molar-refractivity contribution is 0.0635. The summed E-state index contributed by atoms with van der Waals surface area (Å²) < 4.78 is 5.95. The van der Waals surface area contributed by atoms with Gasteiger partial charge >= 0.3 is 6.09 Å². The summed E-state index contributed by atoms with van der Waals surface area (Å²) in [6, 6.07) is 0. The van der Waals surface area contributed by atoms with Gasteiger partial charge in [0.1, 0.15) is 23.4 Å². The summed E-state index contributed by atoms with van der Waals surface area (Å²) in [5, 5.41) is 3.32. The predicted molar refractivity (Wildman–Crippen MR) is 71.4 cm³/mol. The molecule has 0 aromatic carbocycles. The van der Waals surface area contributed by atoms with E-state index < -0.39 is 11.7 Å². The quantitative estimate of drug-likeness (QED) is 0.848. The summed E-state index contributed by atoms with van der Waals surface area (Å²) in [4.78, 5) is 22.7. The first-order valence-corrected chi connectivity index (χ1v) is 6.14. The highest BCUT2D eigenvalue weighted by Crippen LogP contribution is 2.27. The van der Waals surface area contributed by atoms with E-state index in [9.17, 15) is 4.79 Å². The third kappa shape index (κ3) is 2.79. The van der Waals surface area contributed by atoms with Crippen molar-refractivity contribution < 1.29 is 9.53 Å². The molecule has 0 fully saturated rings. The molecule has 2 rings (SSSR count). The van der Waals surface area contributed by atoms with Crippen LogP contribution in [0.25, 0.3) is 11.0 Å². The average molecular weight is 313 g/mol. The zero-order valence-corrected chi connectivity index (χ0v) is 11.8. The minimum Gasteiger partial charge on any atom is -0.444 e. The number of fused-ring (bicyclic) bond motifs is 1. The Bertz CT molecular complexity index is 588. The van der Waals surface area contributed by atoms with Gasteiger partial charge in [0, 0.05) is 10.7 Å². The van der Waals surface area contributed by atoms with Gasteiger partial charge in [-0.2, -0.15) is 0 Å². The summed E-state index contributed by atoms with van der Waals surface area (Å²) in [5.41, 5.74) is 0.0916. The summed E-state index contributed by atoms with van der Waals surface area (Å²) in [5.74, 6) is 0.405. The van der Waals surface area contributed by atoms with E-state index in [1.54, 1.807) is 27.0 Å². The van der Waals surface area contributed by atoms with Crippen molar-refractivity contribution in [3.8, 4) is 0 Å². The van der Waals surface area contributed by atoms with E-state index in [2.05, 4.69) is 36.2 Å². The van der Waals surface area contributed by atoms with Crippen LogP contribution in [0.2, 0.25) is 0 Å². The van der Waals surface area contributed by atoms with Crippen LogP contribution in [-0.4, -0.2) is 26.6 Å². The number of nitrogens with zero attached hydrogens (tertiary/aromatic N) is 2. The SMILES string of the molecule is CC(C)(C)OC(=O)Nc1ncnc2[nH]cc(Br)c12. The lowest BCUT2D eigenvalue weighted by atomic mass is 10.2. The Morgan fingerprint density at radius 1 is 1.44 bits per heavy atom. The van der Waals surface area contributed by atoms with Crippen LogP contribution in [0.4, 0.5) is 10.6 Å². The van der Waals surface area contributed by atoms with Gasteiger partial charge in [0.2, 0.25) is 0 Å². The molecule has 2 aromatic heterocycles. The number of H-pyrrole nitrogens is 1. The number of carbonyl (C=O) groups excluding carboxylic acids is 1. The molecule has 0 unspecified atom stereocenters. The fourth-order valence-corrected chi connectivity index (χ4v) is 1.91. The number of aromatic nitrogens is 3. The molecule has 0 saturated heterocycles. The number of halogens is 1. The number of ether oxygens (including phenoxy) is 1. The third-order valence-electron chi connectivity index (χ3n) is 2.04. The highest BCUT2D eigenvalue weighted by Gasteiger charge is 2.18. The fourth-order valence-electron chi connectivity index (χ4n) is 1.42. The van der Waals surface area contributed by atoms with Gasteiger partial charge in [0.25, 0.3) is 0 Å². The van der Waals surface area contributed by atoms with Crippen LogP contribution in [0.5, 0.6) is 0 Å². The van der Waals surface area contributed by atoms with E-state index in [1.807, 2.05) is 0 Å². The minimum atomic E-state index is -0.550. The maximum absolute atomic E-state index is 11.7. The Morgan fingerprint density at radius 3 is 2.83 bits per heavy atom. The second-order valence-corrected chi connectivity index (χ2v) is 5.56. The molecular formula is C11H13BrN4O2. The first-order valence-electron chi connectivity index (χ1n) is 5.34. The van der Waals surface area contributed by atoms with Crippen LogP contribution in [0.3, 0.4) is 0 Å². The first-order chi connectivity index (χ1) is 8.37. The van der Waals surface area contributed by atoms with Gasteiger partial charge in [-0.05, 0) is 36.7 Å². The maximum atomic E-state index is 11.7. The van der Waals surface area contributed by atoms with Crippen LogP contribution < -0.4 is 5.32 Å². The number of amides is 1. The Kier molecular flexibility index (Phi) is 3.25. The smallest absolute Gasteiger partial charge is 0.413 e. The van der Waals surface area contributed by atoms with Gasteiger partial charge in [0.15, 0.2) is 0 Å². The second-order valence-electron chi connectivity index (χ2n) is 4.71. The van der Waals surface area contributed by atoms with Crippen molar-refractivity contribution in [2.75, 3.05) is 5.32 Å². The Hall–Kier alpha value is -1.63. The summed E-state index contributed by atoms with van der Waals surface area (Å²) in [7, 11) is 0. The van der Waals surface area contributed by atoms with Crippen LogP contribution in [-0.2, 0) is 4.74 Å². The van der Waals surface area contributed by atoms with Crippen molar-refractivity contribution in [1.82, 2.24) is 15.0 Å². The second kappa shape index (κ2) is 4.56. The Balaban J connectivity index is 2.27. The number of carbonyl (C=O) groups is 1. The third-order valence-corrected chi connectivity index (χ3v) is 2.67. The molecule has 0 saturated carbocycles. The summed E-state index contributed by atoms with van der Waals surface area (Å²) in [6.45, 7) is 5.40. The van der Waals surface area contributed by atoms with Crippen LogP contribution in [0.1, 0.15) is 20.8 Å². The molecule has 0 atom stereocenters. The van der Waals surface area contributed by atoms with Crippen LogP contribution in [0.15, 0.2) is 17.0 Å². The van der Waals surface area contributed by atoms with Crippen LogP contribution >= 0.6 is 15.9 Å². The summed E-state index contributed by atoms with van der Waals surface area (Å²) >= 11 is 3.37. The molecule has 0 aliphatic heterocycles. The number of rotatable bonds is 1. The highest BCUT2D eigenvalue weighted by molar-refractivity contribution is 9.10. The normalized spacial score (nSPS) is 11.6.